The number of thiophene rings is 1. The summed E-state index contributed by atoms with van der Waals surface area (Å²) in [4.78, 5) is 7.80. The van der Waals surface area contributed by atoms with Gasteiger partial charge in [0.2, 0.25) is 5.78 Å². The van der Waals surface area contributed by atoms with Crippen LogP contribution in [0, 0.1) is 0 Å². The lowest BCUT2D eigenvalue weighted by Gasteiger charge is -2.23. The first-order valence-corrected chi connectivity index (χ1v) is 9.69. The van der Waals surface area contributed by atoms with Gasteiger partial charge in [0.25, 0.3) is 0 Å². The zero-order valence-corrected chi connectivity index (χ0v) is 16.0. The highest BCUT2D eigenvalue weighted by Gasteiger charge is 2.18. The van der Waals surface area contributed by atoms with Crippen LogP contribution in [0.5, 0.6) is 0 Å². The molecule has 0 saturated carbocycles. The Balaban J connectivity index is 0.00000168. The Morgan fingerprint density at radius 1 is 1.08 bits per heavy atom. The Morgan fingerprint density at radius 2 is 1.88 bits per heavy atom. The van der Waals surface area contributed by atoms with Gasteiger partial charge in [-0.25, -0.2) is 4.98 Å². The summed E-state index contributed by atoms with van der Waals surface area (Å²) >= 11 is 1.74. The van der Waals surface area contributed by atoms with Gasteiger partial charge in [0.15, 0.2) is 0 Å². The Hall–Kier alpha value is -1.86. The van der Waals surface area contributed by atoms with Crippen LogP contribution in [0.1, 0.15) is 0 Å². The maximum atomic E-state index is 5.48. The van der Waals surface area contributed by atoms with Crippen LogP contribution in [-0.4, -0.2) is 46.8 Å². The first kappa shape index (κ1) is 17.5. The number of para-hydroxylation sites is 2. The third kappa shape index (κ3) is 3.03. The van der Waals surface area contributed by atoms with E-state index in [0.717, 1.165) is 50.9 Å². The molecule has 4 aromatic rings. The van der Waals surface area contributed by atoms with E-state index in [2.05, 4.69) is 56.9 Å². The van der Waals surface area contributed by atoms with E-state index >= 15 is 0 Å². The molecule has 4 heterocycles. The summed E-state index contributed by atoms with van der Waals surface area (Å²) in [6.45, 7) is 6.05. The van der Waals surface area contributed by atoms with Gasteiger partial charge in [-0.3, -0.25) is 4.40 Å². The minimum Gasteiger partial charge on any atom is -1.00 e. The second-order valence-corrected chi connectivity index (χ2v) is 7.47. The lowest BCUT2D eigenvalue weighted by Crippen LogP contribution is -3.14. The number of aromatic nitrogens is 3. The normalized spacial score (nSPS) is 15.5. The van der Waals surface area contributed by atoms with E-state index in [4.69, 9.17) is 9.72 Å². The van der Waals surface area contributed by atoms with Crippen molar-refractivity contribution in [3.63, 3.8) is 0 Å². The molecule has 0 atom stereocenters. The van der Waals surface area contributed by atoms with E-state index < -0.39 is 0 Å². The highest BCUT2D eigenvalue weighted by Crippen LogP contribution is 2.27. The van der Waals surface area contributed by atoms with Gasteiger partial charge >= 0.3 is 0 Å². The van der Waals surface area contributed by atoms with Gasteiger partial charge in [-0.2, -0.15) is 0 Å². The molecule has 1 aliphatic heterocycles. The molecule has 0 bridgehead atoms. The summed E-state index contributed by atoms with van der Waals surface area (Å²) in [6.07, 6.45) is 2.17. The quantitative estimate of drug-likeness (QED) is 0.483. The van der Waals surface area contributed by atoms with E-state index in [1.54, 1.807) is 16.2 Å². The van der Waals surface area contributed by atoms with Crippen molar-refractivity contribution in [1.29, 1.82) is 0 Å². The van der Waals surface area contributed by atoms with Gasteiger partial charge in [0, 0.05) is 6.20 Å². The van der Waals surface area contributed by atoms with Crippen molar-refractivity contribution < 1.29 is 22.0 Å². The van der Waals surface area contributed by atoms with E-state index in [1.165, 1.54) is 15.9 Å². The minimum absolute atomic E-state index is 0. The zero-order chi connectivity index (χ0) is 16.6. The number of nitrogens with zero attached hydrogens (tertiary/aromatic N) is 3. The van der Waals surface area contributed by atoms with Gasteiger partial charge < -0.3 is 26.6 Å². The summed E-state index contributed by atoms with van der Waals surface area (Å²) in [6, 6.07) is 12.8. The molecule has 7 heteroatoms. The number of fused-ring (bicyclic) bond motifs is 3. The summed E-state index contributed by atoms with van der Waals surface area (Å²) in [5.41, 5.74) is 3.54. The molecule has 1 saturated heterocycles. The lowest BCUT2D eigenvalue weighted by atomic mass is 10.3. The van der Waals surface area contributed by atoms with Gasteiger partial charge in [-0.15, -0.1) is 11.3 Å². The van der Waals surface area contributed by atoms with Gasteiger partial charge in [-0.1, -0.05) is 18.2 Å². The third-order valence-corrected chi connectivity index (χ3v) is 5.92. The monoisotopic (exact) mass is 388 g/mol. The van der Waals surface area contributed by atoms with Crippen molar-refractivity contribution >= 4 is 28.1 Å². The molecule has 5 rings (SSSR count). The van der Waals surface area contributed by atoms with Crippen LogP contribution in [-0.2, 0) is 11.3 Å². The fourth-order valence-electron chi connectivity index (χ4n) is 3.69. The number of hydrogen-bond acceptors (Lipinski definition) is 3. The molecule has 0 unspecified atom stereocenters. The number of halogens is 1. The van der Waals surface area contributed by atoms with Crippen LogP contribution in [0.15, 0.2) is 48.0 Å². The number of imidazole rings is 2. The van der Waals surface area contributed by atoms with E-state index in [1.807, 2.05) is 0 Å². The Labute approximate surface area is 162 Å². The predicted octanol–water partition coefficient (Wildman–Crippen LogP) is -1.06. The van der Waals surface area contributed by atoms with Crippen LogP contribution in [0.4, 0.5) is 0 Å². The van der Waals surface area contributed by atoms with Crippen LogP contribution >= 0.6 is 11.3 Å². The van der Waals surface area contributed by atoms with Crippen LogP contribution in [0.3, 0.4) is 0 Å². The number of benzene rings is 1. The topological polar surface area (TPSA) is 35.9 Å². The standard InChI is InChI=1S/C19H20N4OS.ClH/c1-2-5-17-16(4-1)22(8-7-21-9-11-24-12-10-21)19-20-15(14-23(17)19)18-6-3-13-25-18;/h1-6,13-14H,7-12H2;1H. The molecule has 136 valence electrons. The van der Waals surface area contributed by atoms with Crippen molar-refractivity contribution in [2.24, 2.45) is 0 Å². The minimum atomic E-state index is 0. The third-order valence-electron chi connectivity index (χ3n) is 5.02. The van der Waals surface area contributed by atoms with Crippen LogP contribution < -0.4 is 17.3 Å². The molecule has 26 heavy (non-hydrogen) atoms. The first-order valence-electron chi connectivity index (χ1n) is 8.82. The molecule has 0 radical (unpaired) electrons. The van der Waals surface area contributed by atoms with Crippen molar-refractivity contribution in [2.45, 2.75) is 6.54 Å². The summed E-state index contributed by atoms with van der Waals surface area (Å²) in [7, 11) is 0. The number of hydrogen-bond donors (Lipinski definition) is 1. The highest BCUT2D eigenvalue weighted by molar-refractivity contribution is 7.13. The maximum Gasteiger partial charge on any atom is 0.215 e. The molecule has 1 N–H and O–H groups in total. The summed E-state index contributed by atoms with van der Waals surface area (Å²) < 4.78 is 10.1. The van der Waals surface area contributed by atoms with E-state index in [9.17, 15) is 0 Å². The zero-order valence-electron chi connectivity index (χ0n) is 14.4. The summed E-state index contributed by atoms with van der Waals surface area (Å²) in [5.74, 6) is 1.04. The molecular formula is C19H21ClN4OS. The second kappa shape index (κ2) is 7.40. The van der Waals surface area contributed by atoms with Crippen molar-refractivity contribution in [3.05, 3.63) is 48.0 Å². The Bertz CT molecular complexity index is 1000. The molecular weight excluding hydrogens is 368 g/mol. The van der Waals surface area contributed by atoms with Crippen LogP contribution in [0.2, 0.25) is 0 Å². The average molecular weight is 389 g/mol. The van der Waals surface area contributed by atoms with Crippen molar-refractivity contribution in [1.82, 2.24) is 14.0 Å². The molecule has 0 spiro atoms. The van der Waals surface area contributed by atoms with E-state index in [0.29, 0.717) is 0 Å². The number of morpholine rings is 1. The summed E-state index contributed by atoms with van der Waals surface area (Å²) in [5, 5.41) is 2.10. The lowest BCUT2D eigenvalue weighted by molar-refractivity contribution is -0.908. The van der Waals surface area contributed by atoms with Gasteiger partial charge in [0.05, 0.1) is 42.2 Å². The molecule has 1 aromatic carbocycles. The molecule has 0 aliphatic carbocycles. The molecule has 1 fully saturated rings. The fourth-order valence-corrected chi connectivity index (χ4v) is 4.37. The molecule has 5 nitrogen and oxygen atoms in total. The largest absolute Gasteiger partial charge is 1.00 e. The fraction of sp³-hybridized carbons (Fsp3) is 0.316. The smallest absolute Gasteiger partial charge is 0.215 e. The predicted molar refractivity (Wildman–Crippen MR) is 100 cm³/mol. The maximum absolute atomic E-state index is 5.48. The van der Waals surface area contributed by atoms with Gasteiger partial charge in [0.1, 0.15) is 18.8 Å². The van der Waals surface area contributed by atoms with E-state index in [-0.39, 0.29) is 12.4 Å². The van der Waals surface area contributed by atoms with Crippen LogP contribution in [0.25, 0.3) is 27.4 Å². The van der Waals surface area contributed by atoms with Crippen molar-refractivity contribution in [2.75, 3.05) is 32.8 Å². The number of nitrogens with one attached hydrogen (secondary N) is 1. The average Bonchev–Trinajstić information content (AvgIpc) is 3.37. The SMILES string of the molecule is [Cl-].c1csc(-c2cn3c4ccccc4n(CC[NH+]4CCOCC4)c3n2)c1. The molecule has 1 aliphatic rings. The van der Waals surface area contributed by atoms with Gasteiger partial charge in [-0.05, 0) is 23.6 Å². The second-order valence-electron chi connectivity index (χ2n) is 6.53. The first-order chi connectivity index (χ1) is 12.4. The van der Waals surface area contributed by atoms with Crippen molar-refractivity contribution in [3.8, 4) is 10.6 Å². The molecule has 0 amide bonds. The highest BCUT2D eigenvalue weighted by atomic mass is 35.5. The molecule has 3 aromatic heterocycles. The Kier molecular flexibility index (Phi) is 5.00. The number of quaternary nitrogens is 1. The number of ether oxygens (including phenoxy) is 1. The Morgan fingerprint density at radius 3 is 2.65 bits per heavy atom. The number of rotatable bonds is 4.